The summed E-state index contributed by atoms with van der Waals surface area (Å²) in [4.78, 5) is 4.76. The number of methoxy groups -OCH3 is 1. The van der Waals surface area contributed by atoms with E-state index in [-0.39, 0.29) is 5.54 Å². The van der Waals surface area contributed by atoms with E-state index in [1.165, 1.54) is 6.42 Å². The minimum Gasteiger partial charge on any atom is -0.381 e. The molecule has 4 heteroatoms. The zero-order valence-corrected chi connectivity index (χ0v) is 10.6. The van der Waals surface area contributed by atoms with E-state index in [9.17, 15) is 0 Å². The number of ether oxygens (including phenoxy) is 1. The van der Waals surface area contributed by atoms with Gasteiger partial charge in [-0.25, -0.2) is 0 Å². The molecule has 1 aliphatic carbocycles. The van der Waals surface area contributed by atoms with Crippen LogP contribution in [0.1, 0.15) is 33.1 Å². The minimum absolute atomic E-state index is 0.211. The Morgan fingerprint density at radius 3 is 2.80 bits per heavy atom. The van der Waals surface area contributed by atoms with Gasteiger partial charge in [0.1, 0.15) is 0 Å². The zero-order valence-electron chi connectivity index (χ0n) is 9.75. The van der Waals surface area contributed by atoms with Crippen molar-refractivity contribution in [3.63, 3.8) is 0 Å². The Bertz CT molecular complexity index is 265. The van der Waals surface area contributed by atoms with Gasteiger partial charge in [0.2, 0.25) is 0 Å². The molecule has 1 aliphatic heterocycles. The molecule has 2 fully saturated rings. The van der Waals surface area contributed by atoms with Crippen molar-refractivity contribution in [3.05, 3.63) is 0 Å². The van der Waals surface area contributed by atoms with E-state index in [0.717, 1.165) is 23.8 Å². The van der Waals surface area contributed by atoms with Gasteiger partial charge in [-0.05, 0) is 33.1 Å². The molecule has 0 aromatic rings. The summed E-state index contributed by atoms with van der Waals surface area (Å²) in [6.07, 6.45) is 3.85. The van der Waals surface area contributed by atoms with Crippen molar-refractivity contribution in [3.8, 4) is 0 Å². The van der Waals surface area contributed by atoms with Crippen LogP contribution in [0, 0.1) is 0 Å². The van der Waals surface area contributed by atoms with E-state index in [4.69, 9.17) is 9.73 Å². The first kappa shape index (κ1) is 11.3. The molecule has 15 heavy (non-hydrogen) atoms. The Kier molecular flexibility index (Phi) is 3.26. The third-order valence-electron chi connectivity index (χ3n) is 3.01. The number of hydrogen-bond donors (Lipinski definition) is 1. The Balaban J connectivity index is 1.89. The molecular weight excluding hydrogens is 208 g/mol. The monoisotopic (exact) mass is 228 g/mol. The van der Waals surface area contributed by atoms with Gasteiger partial charge in [0, 0.05) is 18.4 Å². The molecule has 0 amide bonds. The highest BCUT2D eigenvalue weighted by Gasteiger charge is 2.30. The van der Waals surface area contributed by atoms with Gasteiger partial charge in [0.15, 0.2) is 5.17 Å². The predicted molar refractivity (Wildman–Crippen MR) is 65.5 cm³/mol. The van der Waals surface area contributed by atoms with Crippen LogP contribution in [0.5, 0.6) is 0 Å². The van der Waals surface area contributed by atoms with Crippen LogP contribution in [0.4, 0.5) is 0 Å². The molecule has 2 aliphatic rings. The number of nitrogens with one attached hydrogen (secondary N) is 1. The van der Waals surface area contributed by atoms with Crippen LogP contribution in [-0.2, 0) is 4.74 Å². The topological polar surface area (TPSA) is 33.6 Å². The molecular formula is C11H20N2OS. The van der Waals surface area contributed by atoms with Crippen LogP contribution < -0.4 is 5.32 Å². The first-order valence-electron chi connectivity index (χ1n) is 5.61. The molecule has 0 aromatic heterocycles. The van der Waals surface area contributed by atoms with Gasteiger partial charge in [0.25, 0.3) is 0 Å². The van der Waals surface area contributed by atoms with Crippen LogP contribution in [0.15, 0.2) is 4.99 Å². The molecule has 2 atom stereocenters. The lowest BCUT2D eigenvalue weighted by molar-refractivity contribution is 0.108. The Hall–Kier alpha value is -0.220. The maximum atomic E-state index is 5.35. The summed E-state index contributed by atoms with van der Waals surface area (Å²) in [5, 5.41) is 4.59. The van der Waals surface area contributed by atoms with E-state index in [1.54, 1.807) is 7.11 Å². The quantitative estimate of drug-likeness (QED) is 0.785. The molecule has 0 bridgehead atoms. The molecule has 1 saturated heterocycles. The third kappa shape index (κ3) is 2.88. The molecule has 1 N–H and O–H groups in total. The Morgan fingerprint density at radius 1 is 1.47 bits per heavy atom. The minimum atomic E-state index is 0.211. The zero-order chi connectivity index (χ0) is 10.9. The number of nitrogens with zero attached hydrogens (tertiary/aromatic N) is 1. The lowest BCUT2D eigenvalue weighted by Crippen LogP contribution is -2.37. The number of rotatable bonds is 2. The molecule has 1 heterocycles. The van der Waals surface area contributed by atoms with Crippen molar-refractivity contribution in [2.75, 3.05) is 12.9 Å². The van der Waals surface area contributed by atoms with Gasteiger partial charge in [-0.3, -0.25) is 4.99 Å². The normalized spacial score (nSPS) is 37.1. The van der Waals surface area contributed by atoms with Gasteiger partial charge in [0.05, 0.1) is 12.1 Å². The molecule has 0 aromatic carbocycles. The van der Waals surface area contributed by atoms with Gasteiger partial charge < -0.3 is 10.1 Å². The molecule has 0 spiro atoms. The Labute approximate surface area is 96.1 Å². The standard InChI is InChI=1S/C11H20N2OS/c1-11(2)7-15-10(13-11)12-8-4-5-9(6-8)14-3/h8-9H,4-7H2,1-3H3,(H,12,13). The van der Waals surface area contributed by atoms with Crippen LogP contribution in [0.25, 0.3) is 0 Å². The van der Waals surface area contributed by atoms with Crippen molar-refractivity contribution in [1.29, 1.82) is 0 Å². The predicted octanol–water partition coefficient (Wildman–Crippen LogP) is 2.02. The summed E-state index contributed by atoms with van der Waals surface area (Å²) in [6.45, 7) is 4.43. The first-order valence-corrected chi connectivity index (χ1v) is 6.59. The number of aliphatic imine (C=N–C) groups is 1. The SMILES string of the molecule is COC1CCC(N=C2NC(C)(C)CS2)C1. The van der Waals surface area contributed by atoms with Crippen LogP contribution in [0.3, 0.4) is 0 Å². The maximum absolute atomic E-state index is 5.35. The molecule has 3 nitrogen and oxygen atoms in total. The fourth-order valence-corrected chi connectivity index (χ4v) is 3.24. The molecule has 0 radical (unpaired) electrons. The van der Waals surface area contributed by atoms with Crippen molar-refractivity contribution in [2.45, 2.75) is 50.8 Å². The van der Waals surface area contributed by atoms with E-state index < -0.39 is 0 Å². The van der Waals surface area contributed by atoms with E-state index >= 15 is 0 Å². The number of amidine groups is 1. The van der Waals surface area contributed by atoms with Crippen LogP contribution >= 0.6 is 11.8 Å². The van der Waals surface area contributed by atoms with Crippen molar-refractivity contribution in [2.24, 2.45) is 4.99 Å². The highest BCUT2D eigenvalue weighted by atomic mass is 32.2. The smallest absolute Gasteiger partial charge is 0.157 e. The van der Waals surface area contributed by atoms with E-state index in [1.807, 2.05) is 11.8 Å². The second kappa shape index (κ2) is 4.34. The molecule has 2 unspecified atom stereocenters. The van der Waals surface area contributed by atoms with Gasteiger partial charge in [-0.2, -0.15) is 0 Å². The number of hydrogen-bond acceptors (Lipinski definition) is 3. The number of thioether (sulfide) groups is 1. The fourth-order valence-electron chi connectivity index (χ4n) is 2.09. The Morgan fingerprint density at radius 2 is 2.27 bits per heavy atom. The fraction of sp³-hybridized carbons (Fsp3) is 0.909. The summed E-state index contributed by atoms with van der Waals surface area (Å²) in [7, 11) is 1.80. The summed E-state index contributed by atoms with van der Waals surface area (Å²) >= 11 is 1.84. The largest absolute Gasteiger partial charge is 0.381 e. The third-order valence-corrected chi connectivity index (χ3v) is 4.35. The highest BCUT2D eigenvalue weighted by Crippen LogP contribution is 2.28. The van der Waals surface area contributed by atoms with Crippen molar-refractivity contribution < 1.29 is 4.74 Å². The first-order chi connectivity index (χ1) is 7.09. The van der Waals surface area contributed by atoms with E-state index in [0.29, 0.717) is 12.1 Å². The lowest BCUT2D eigenvalue weighted by atomic mass is 10.1. The molecule has 1 saturated carbocycles. The van der Waals surface area contributed by atoms with Gasteiger partial charge in [-0.1, -0.05) is 11.8 Å². The summed E-state index contributed by atoms with van der Waals surface area (Å²) in [6, 6.07) is 0.471. The molecule has 86 valence electrons. The van der Waals surface area contributed by atoms with Crippen molar-refractivity contribution >= 4 is 16.9 Å². The second-order valence-corrected chi connectivity index (χ2v) is 6.02. The van der Waals surface area contributed by atoms with Crippen LogP contribution in [0.2, 0.25) is 0 Å². The summed E-state index contributed by atoms with van der Waals surface area (Å²) < 4.78 is 5.35. The average Bonchev–Trinajstić information content (AvgIpc) is 2.73. The highest BCUT2D eigenvalue weighted by molar-refractivity contribution is 8.14. The summed E-state index contributed by atoms with van der Waals surface area (Å²) in [5.74, 6) is 1.12. The average molecular weight is 228 g/mol. The van der Waals surface area contributed by atoms with Gasteiger partial charge in [-0.15, -0.1) is 0 Å². The molecule has 2 rings (SSSR count). The summed E-state index contributed by atoms with van der Waals surface area (Å²) in [5.41, 5.74) is 0.211. The van der Waals surface area contributed by atoms with E-state index in [2.05, 4.69) is 19.2 Å². The van der Waals surface area contributed by atoms with Gasteiger partial charge >= 0.3 is 0 Å². The van der Waals surface area contributed by atoms with Crippen LogP contribution in [-0.4, -0.2) is 35.7 Å². The van der Waals surface area contributed by atoms with Crippen molar-refractivity contribution in [1.82, 2.24) is 5.32 Å². The lowest BCUT2D eigenvalue weighted by Gasteiger charge is -2.16. The maximum Gasteiger partial charge on any atom is 0.157 e. The second-order valence-electron chi connectivity index (χ2n) is 5.06.